The van der Waals surface area contributed by atoms with Crippen LogP contribution < -0.4 is 21.3 Å². The zero-order valence-corrected chi connectivity index (χ0v) is 19.1. The Morgan fingerprint density at radius 2 is 2.09 bits per heavy atom. The number of aliphatic imine (C=N–C) groups is 1. The van der Waals surface area contributed by atoms with Crippen molar-refractivity contribution in [3.63, 3.8) is 0 Å². The third-order valence-electron chi connectivity index (χ3n) is 6.01. The molecule has 4 N–H and O–H groups in total. The first-order valence-electron chi connectivity index (χ1n) is 11.0. The van der Waals surface area contributed by atoms with Gasteiger partial charge in [-0.25, -0.2) is 9.37 Å². The maximum Gasteiger partial charge on any atom is 0.237 e. The van der Waals surface area contributed by atoms with Crippen LogP contribution in [-0.2, 0) is 11.3 Å². The van der Waals surface area contributed by atoms with Gasteiger partial charge in [0.1, 0.15) is 5.82 Å². The number of pyridine rings is 1. The summed E-state index contributed by atoms with van der Waals surface area (Å²) < 4.78 is 27.3. The van der Waals surface area contributed by atoms with Crippen molar-refractivity contribution in [2.75, 3.05) is 19.6 Å². The van der Waals surface area contributed by atoms with Gasteiger partial charge in [-0.2, -0.15) is 4.39 Å². The van der Waals surface area contributed by atoms with Gasteiger partial charge in [-0.3, -0.25) is 15.1 Å². The number of halogens is 3. The molecule has 1 aromatic carbocycles. The van der Waals surface area contributed by atoms with Gasteiger partial charge in [-0.05, 0) is 55.0 Å². The van der Waals surface area contributed by atoms with E-state index in [0.717, 1.165) is 31.0 Å². The summed E-state index contributed by atoms with van der Waals surface area (Å²) in [6.07, 6.45) is 1.38. The Morgan fingerprint density at radius 3 is 2.82 bits per heavy atom. The number of hydrogen-bond acceptors (Lipinski definition) is 6. The van der Waals surface area contributed by atoms with Crippen LogP contribution in [0, 0.1) is 24.6 Å². The topological polar surface area (TPSA) is 90.4 Å². The lowest BCUT2D eigenvalue weighted by Crippen LogP contribution is -2.51. The average Bonchev–Trinajstić information content (AvgIpc) is 3.32. The van der Waals surface area contributed by atoms with E-state index in [1.54, 1.807) is 19.1 Å². The molecule has 0 saturated carbocycles. The third-order valence-corrected chi connectivity index (χ3v) is 6.31. The quantitative estimate of drug-likeness (QED) is 0.481. The number of carbonyl (C=O) groups is 1. The molecular formula is C23H27ClF2N6O. The second-order valence-electron chi connectivity index (χ2n) is 8.42. The Labute approximate surface area is 196 Å². The van der Waals surface area contributed by atoms with Crippen molar-refractivity contribution in [1.29, 1.82) is 0 Å². The predicted molar refractivity (Wildman–Crippen MR) is 123 cm³/mol. The van der Waals surface area contributed by atoms with Crippen LogP contribution in [0.5, 0.6) is 0 Å². The van der Waals surface area contributed by atoms with Gasteiger partial charge in [-0.15, -0.1) is 0 Å². The first-order valence-corrected chi connectivity index (χ1v) is 11.4. The molecule has 3 atom stereocenters. The van der Waals surface area contributed by atoms with E-state index in [0.29, 0.717) is 24.2 Å². The van der Waals surface area contributed by atoms with Crippen molar-refractivity contribution < 1.29 is 13.6 Å². The molecular weight excluding hydrogens is 450 g/mol. The molecule has 0 spiro atoms. The fourth-order valence-corrected chi connectivity index (χ4v) is 4.45. The van der Waals surface area contributed by atoms with Crippen molar-refractivity contribution in [3.05, 3.63) is 63.9 Å². The molecule has 10 heteroatoms. The predicted octanol–water partition coefficient (Wildman–Crippen LogP) is 2.60. The van der Waals surface area contributed by atoms with Crippen LogP contribution in [0.4, 0.5) is 8.78 Å². The number of nitrogens with zero attached hydrogens (tertiary/aromatic N) is 2. The number of nitrogens with one attached hydrogen (secondary N) is 4. The van der Waals surface area contributed by atoms with Crippen molar-refractivity contribution in [1.82, 2.24) is 26.3 Å². The first kappa shape index (κ1) is 23.4. The lowest BCUT2D eigenvalue weighted by Gasteiger charge is -2.36. The highest BCUT2D eigenvalue weighted by atomic mass is 35.5. The summed E-state index contributed by atoms with van der Waals surface area (Å²) in [4.78, 5) is 21.3. The van der Waals surface area contributed by atoms with Gasteiger partial charge in [0.05, 0.1) is 17.6 Å². The molecule has 2 aromatic rings. The molecule has 4 rings (SSSR count). The lowest BCUT2D eigenvalue weighted by molar-refractivity contribution is -0.124. The number of piperidine rings is 1. The Morgan fingerprint density at radius 1 is 1.24 bits per heavy atom. The van der Waals surface area contributed by atoms with E-state index in [2.05, 4.69) is 31.2 Å². The van der Waals surface area contributed by atoms with Gasteiger partial charge in [0.15, 0.2) is 5.96 Å². The van der Waals surface area contributed by atoms with Gasteiger partial charge >= 0.3 is 0 Å². The molecule has 1 aromatic heterocycles. The van der Waals surface area contributed by atoms with Crippen LogP contribution >= 0.6 is 11.6 Å². The van der Waals surface area contributed by atoms with E-state index in [1.807, 2.05) is 0 Å². The van der Waals surface area contributed by atoms with E-state index in [4.69, 9.17) is 11.6 Å². The zero-order valence-electron chi connectivity index (χ0n) is 18.3. The smallest absolute Gasteiger partial charge is 0.237 e. The first-order chi connectivity index (χ1) is 15.9. The summed E-state index contributed by atoms with van der Waals surface area (Å²) in [5, 5.41) is 12.8. The second kappa shape index (κ2) is 10.4. The minimum atomic E-state index is -0.528. The molecule has 0 radical (unpaired) electrons. The third kappa shape index (κ3) is 5.97. The summed E-state index contributed by atoms with van der Waals surface area (Å²) in [6, 6.07) is 6.91. The molecule has 3 heterocycles. The molecule has 2 aliphatic rings. The Bertz CT molecular complexity index is 1050. The fourth-order valence-electron chi connectivity index (χ4n) is 4.34. The number of carbonyl (C=O) groups excluding carboxylic acids is 1. The van der Waals surface area contributed by atoms with Crippen LogP contribution in [0.25, 0.3) is 0 Å². The molecule has 2 aliphatic heterocycles. The summed E-state index contributed by atoms with van der Waals surface area (Å²) in [5.74, 6) is -0.276. The maximum atomic E-state index is 13.7. The van der Waals surface area contributed by atoms with Gasteiger partial charge in [0.25, 0.3) is 0 Å². The van der Waals surface area contributed by atoms with Crippen LogP contribution in [0.3, 0.4) is 0 Å². The monoisotopic (exact) mass is 476 g/mol. The largest absolute Gasteiger partial charge is 0.356 e. The minimum absolute atomic E-state index is 0.0434. The van der Waals surface area contributed by atoms with E-state index < -0.39 is 17.8 Å². The Hall–Kier alpha value is -2.78. The van der Waals surface area contributed by atoms with Crippen LogP contribution in [0.2, 0.25) is 5.02 Å². The van der Waals surface area contributed by atoms with Gasteiger partial charge < -0.3 is 16.0 Å². The molecule has 0 bridgehead atoms. The van der Waals surface area contributed by atoms with E-state index >= 15 is 0 Å². The van der Waals surface area contributed by atoms with Crippen molar-refractivity contribution in [3.8, 4) is 0 Å². The van der Waals surface area contributed by atoms with Gasteiger partial charge in [-0.1, -0.05) is 23.7 Å². The summed E-state index contributed by atoms with van der Waals surface area (Å²) >= 11 is 5.73. The molecule has 1 saturated heterocycles. The molecule has 1 fully saturated rings. The van der Waals surface area contributed by atoms with Gasteiger partial charge in [0.2, 0.25) is 11.9 Å². The summed E-state index contributed by atoms with van der Waals surface area (Å²) in [5.41, 5.74) is 2.09. The van der Waals surface area contributed by atoms with Crippen molar-refractivity contribution in [2.24, 2.45) is 10.9 Å². The summed E-state index contributed by atoms with van der Waals surface area (Å²) in [7, 11) is 0. The highest BCUT2D eigenvalue weighted by molar-refractivity contribution is 6.30. The second-order valence-corrected chi connectivity index (χ2v) is 8.83. The van der Waals surface area contributed by atoms with Gasteiger partial charge in [0, 0.05) is 31.4 Å². The molecule has 7 nitrogen and oxygen atoms in total. The number of hydrogen-bond donors (Lipinski definition) is 4. The zero-order chi connectivity index (χ0) is 23.4. The number of aryl methyl sites for hydroxylation is 1. The SMILES string of the molecule is Cc1nc(F)ccc1C1CC(CNC2=NCCN2)CC(C(=O)NCc2ccc(Cl)c(F)c2)N1. The maximum absolute atomic E-state index is 13.7. The molecule has 176 valence electrons. The van der Waals surface area contributed by atoms with E-state index in [-0.39, 0.29) is 29.4 Å². The van der Waals surface area contributed by atoms with E-state index in [1.165, 1.54) is 18.2 Å². The summed E-state index contributed by atoms with van der Waals surface area (Å²) in [6.45, 7) is 4.17. The van der Waals surface area contributed by atoms with Crippen LogP contribution in [0.1, 0.15) is 35.7 Å². The highest BCUT2D eigenvalue weighted by Crippen LogP contribution is 2.31. The van der Waals surface area contributed by atoms with Crippen molar-refractivity contribution in [2.45, 2.75) is 38.4 Å². The highest BCUT2D eigenvalue weighted by Gasteiger charge is 2.34. The number of benzene rings is 1. The Kier molecular flexibility index (Phi) is 7.39. The molecule has 3 unspecified atom stereocenters. The number of rotatable bonds is 6. The van der Waals surface area contributed by atoms with Crippen molar-refractivity contribution >= 4 is 23.5 Å². The molecule has 0 aliphatic carbocycles. The number of aromatic nitrogens is 1. The van der Waals surface area contributed by atoms with E-state index in [9.17, 15) is 13.6 Å². The van der Waals surface area contributed by atoms with Crippen LogP contribution in [-0.4, -0.2) is 42.5 Å². The molecule has 1 amide bonds. The fraction of sp³-hybridized carbons (Fsp3) is 0.435. The number of amides is 1. The Balaban J connectivity index is 1.45. The standard InChI is InChI=1S/C23H27ClF2N6O/c1-13-16(3-5-21(26)31-13)19-9-15(12-30-23-27-6-7-28-23)10-20(32-19)22(33)29-11-14-2-4-17(24)18(25)8-14/h2-5,8,15,19-20,32H,6-7,9-12H2,1H3,(H,29,33)(H2,27,28,30). The lowest BCUT2D eigenvalue weighted by atomic mass is 9.84. The van der Waals surface area contributed by atoms with Crippen LogP contribution in [0.15, 0.2) is 35.3 Å². The molecule has 33 heavy (non-hydrogen) atoms. The minimum Gasteiger partial charge on any atom is -0.356 e. The number of guanidine groups is 1. The average molecular weight is 477 g/mol. The normalized spacial score (nSPS) is 22.4.